The van der Waals surface area contributed by atoms with Gasteiger partial charge in [0.1, 0.15) is 0 Å². The van der Waals surface area contributed by atoms with Crippen LogP contribution in [0.25, 0.3) is 0 Å². The molecule has 1 rings (SSSR count). The van der Waals surface area contributed by atoms with E-state index in [0.717, 1.165) is 142 Å². The third-order valence-corrected chi connectivity index (χ3v) is 12.9. The van der Waals surface area contributed by atoms with E-state index in [0.29, 0.717) is 13.2 Å². The highest BCUT2D eigenvalue weighted by atomic mass is 16.5. The van der Waals surface area contributed by atoms with Crippen LogP contribution in [0.15, 0.2) is 0 Å². The van der Waals surface area contributed by atoms with E-state index < -0.39 is 0 Å². The molecular weight excluding hydrogens is 733 g/mol. The van der Waals surface area contributed by atoms with Gasteiger partial charge in [0.25, 0.3) is 0 Å². The Bertz CT molecular complexity index is 854. The van der Waals surface area contributed by atoms with Crippen molar-refractivity contribution in [2.45, 2.75) is 259 Å². The van der Waals surface area contributed by atoms with Crippen LogP contribution in [0.3, 0.4) is 0 Å². The van der Waals surface area contributed by atoms with Crippen molar-refractivity contribution in [2.75, 3.05) is 52.5 Å². The summed E-state index contributed by atoms with van der Waals surface area (Å²) in [4.78, 5) is 31.1. The molecule has 0 saturated carbocycles. The predicted octanol–water partition coefficient (Wildman–Crippen LogP) is 14.0. The summed E-state index contributed by atoms with van der Waals surface area (Å²) in [5.41, 5.74) is 0. The van der Waals surface area contributed by atoms with Crippen molar-refractivity contribution in [3.8, 4) is 0 Å². The van der Waals surface area contributed by atoms with Gasteiger partial charge in [-0.3, -0.25) is 9.59 Å². The molecule has 1 aliphatic heterocycles. The molecule has 1 fully saturated rings. The fraction of sp³-hybridized carbons (Fsp3) is 0.962. The topological polar surface area (TPSA) is 79.3 Å². The minimum atomic E-state index is -0.315. The van der Waals surface area contributed by atoms with Crippen LogP contribution in [0.4, 0.5) is 0 Å². The normalized spacial score (nSPS) is 15.1. The molecule has 3 atom stereocenters. The van der Waals surface area contributed by atoms with Crippen molar-refractivity contribution >= 4 is 11.9 Å². The molecule has 59 heavy (non-hydrogen) atoms. The quantitative estimate of drug-likeness (QED) is 0.0484. The Balaban J connectivity index is 2.45. The molecule has 0 spiro atoms. The number of ether oxygens (including phenoxy) is 2. The van der Waals surface area contributed by atoms with Crippen LogP contribution in [-0.2, 0) is 19.1 Å². The molecule has 7 nitrogen and oxygen atoms in total. The lowest BCUT2D eigenvalue weighted by Gasteiger charge is -2.31. The number of carbonyl (C=O) groups excluding carboxylic acids is 2. The lowest BCUT2D eigenvalue weighted by Crippen LogP contribution is -2.42. The van der Waals surface area contributed by atoms with E-state index >= 15 is 0 Å². The molecule has 350 valence electrons. The van der Waals surface area contributed by atoms with Gasteiger partial charge in [-0.25, -0.2) is 0 Å². The van der Waals surface area contributed by atoms with Crippen LogP contribution < -0.4 is 0 Å². The van der Waals surface area contributed by atoms with Gasteiger partial charge in [0.2, 0.25) is 0 Å². The standard InChI is InChI=1S/C52H102N2O5/c1-5-9-13-17-19-28-38-48(36-26-15-11-7-3)51(56)58-44-34-23-21-30-40-53(46-50(55)47-54-42-32-25-33-43-54)41-31-22-24-35-45-59-52(57)49(37-27-16-12-8-4)39-29-20-18-14-10-6-2/h48-50,55H,5-47H2,1-4H3. The maximum absolute atomic E-state index is 13.1. The fourth-order valence-electron chi connectivity index (χ4n) is 8.99. The Morgan fingerprint density at radius 2 is 0.814 bits per heavy atom. The first-order valence-corrected chi connectivity index (χ1v) is 26.4. The molecule has 0 aromatic carbocycles. The highest BCUT2D eigenvalue weighted by Gasteiger charge is 2.21. The number of piperidine rings is 1. The fourth-order valence-corrected chi connectivity index (χ4v) is 8.99. The Hall–Kier alpha value is -1.18. The van der Waals surface area contributed by atoms with E-state index in [-0.39, 0.29) is 29.9 Å². The molecule has 1 heterocycles. The zero-order valence-corrected chi connectivity index (χ0v) is 40.1. The smallest absolute Gasteiger partial charge is 0.308 e. The number of hydrogen-bond acceptors (Lipinski definition) is 7. The second-order valence-electron chi connectivity index (χ2n) is 18.7. The summed E-state index contributed by atoms with van der Waals surface area (Å²) in [6.45, 7) is 15.9. The Morgan fingerprint density at radius 1 is 0.475 bits per heavy atom. The number of likely N-dealkylation sites (tertiary alicyclic amines) is 1. The average Bonchev–Trinajstić information content (AvgIpc) is 3.24. The third kappa shape index (κ3) is 34.0. The van der Waals surface area contributed by atoms with Gasteiger partial charge in [0.15, 0.2) is 0 Å². The van der Waals surface area contributed by atoms with Crippen LogP contribution in [0.5, 0.6) is 0 Å². The first-order chi connectivity index (χ1) is 28.9. The van der Waals surface area contributed by atoms with Crippen molar-refractivity contribution in [3.63, 3.8) is 0 Å². The monoisotopic (exact) mass is 835 g/mol. The molecule has 1 saturated heterocycles. The number of aliphatic hydroxyl groups is 1. The zero-order chi connectivity index (χ0) is 42.9. The summed E-state index contributed by atoms with van der Waals surface area (Å²) in [6.07, 6.45) is 40.8. The molecule has 0 radical (unpaired) electrons. The lowest BCUT2D eigenvalue weighted by molar-refractivity contribution is -0.150. The average molecular weight is 835 g/mol. The minimum absolute atomic E-state index is 0.0487. The van der Waals surface area contributed by atoms with E-state index in [1.807, 2.05) is 0 Å². The lowest BCUT2D eigenvalue weighted by atomic mass is 9.94. The van der Waals surface area contributed by atoms with Crippen molar-refractivity contribution < 1.29 is 24.2 Å². The summed E-state index contributed by atoms with van der Waals surface area (Å²) in [5.74, 6) is 0.255. The summed E-state index contributed by atoms with van der Waals surface area (Å²) in [6, 6.07) is 0. The van der Waals surface area contributed by atoms with Gasteiger partial charge in [-0.1, -0.05) is 188 Å². The number of esters is 2. The van der Waals surface area contributed by atoms with E-state index in [9.17, 15) is 14.7 Å². The number of unbranched alkanes of at least 4 members (excludes halogenated alkanes) is 22. The second kappa shape index (κ2) is 42.1. The van der Waals surface area contributed by atoms with Crippen LogP contribution >= 0.6 is 0 Å². The summed E-state index contributed by atoms with van der Waals surface area (Å²) >= 11 is 0. The van der Waals surface area contributed by atoms with Crippen LogP contribution in [0.2, 0.25) is 0 Å². The number of aliphatic hydroxyl groups excluding tert-OH is 1. The summed E-state index contributed by atoms with van der Waals surface area (Å²) in [5, 5.41) is 11.1. The Kier molecular flexibility index (Phi) is 39.9. The molecule has 3 unspecified atom stereocenters. The minimum Gasteiger partial charge on any atom is -0.465 e. The van der Waals surface area contributed by atoms with E-state index in [4.69, 9.17) is 9.47 Å². The SMILES string of the molecule is CCCCCCCCC(CCCCCC)C(=O)OCCCCCCN(CCCCCCOC(=O)C(CCCCCC)CCCCCCCC)CC(O)CN1CCCCC1. The van der Waals surface area contributed by atoms with Gasteiger partial charge >= 0.3 is 11.9 Å². The molecule has 0 aromatic rings. The maximum Gasteiger partial charge on any atom is 0.308 e. The van der Waals surface area contributed by atoms with Gasteiger partial charge < -0.3 is 24.4 Å². The Morgan fingerprint density at radius 3 is 1.22 bits per heavy atom. The largest absolute Gasteiger partial charge is 0.465 e. The van der Waals surface area contributed by atoms with Crippen LogP contribution in [0, 0.1) is 11.8 Å². The predicted molar refractivity (Wildman–Crippen MR) is 252 cm³/mol. The molecule has 1 aliphatic rings. The van der Waals surface area contributed by atoms with Crippen LogP contribution in [-0.4, -0.2) is 85.4 Å². The highest BCUT2D eigenvalue weighted by molar-refractivity contribution is 5.72. The second-order valence-corrected chi connectivity index (χ2v) is 18.7. The molecule has 7 heteroatoms. The molecule has 0 aromatic heterocycles. The molecule has 1 N–H and O–H groups in total. The van der Waals surface area contributed by atoms with Crippen molar-refractivity contribution in [3.05, 3.63) is 0 Å². The summed E-state index contributed by atoms with van der Waals surface area (Å²) in [7, 11) is 0. The van der Waals surface area contributed by atoms with Crippen LogP contribution in [0.1, 0.15) is 252 Å². The van der Waals surface area contributed by atoms with E-state index in [1.165, 1.54) is 122 Å². The van der Waals surface area contributed by atoms with Gasteiger partial charge in [0, 0.05) is 13.1 Å². The first kappa shape index (κ1) is 55.8. The molecular formula is C52H102N2O5. The van der Waals surface area contributed by atoms with Crippen molar-refractivity contribution in [1.82, 2.24) is 9.80 Å². The number of hydrogen-bond donors (Lipinski definition) is 1. The number of rotatable bonds is 44. The third-order valence-electron chi connectivity index (χ3n) is 12.9. The Labute approximate surface area is 367 Å². The van der Waals surface area contributed by atoms with Crippen molar-refractivity contribution in [1.29, 1.82) is 0 Å². The highest BCUT2D eigenvalue weighted by Crippen LogP contribution is 2.22. The first-order valence-electron chi connectivity index (χ1n) is 26.4. The van der Waals surface area contributed by atoms with Gasteiger partial charge in [-0.15, -0.1) is 0 Å². The maximum atomic E-state index is 13.1. The molecule has 0 aliphatic carbocycles. The number of nitrogens with zero attached hydrogens (tertiary/aromatic N) is 2. The van der Waals surface area contributed by atoms with Crippen molar-refractivity contribution in [2.24, 2.45) is 11.8 Å². The molecule has 0 bridgehead atoms. The van der Waals surface area contributed by atoms with E-state index in [2.05, 4.69) is 37.5 Å². The van der Waals surface area contributed by atoms with Gasteiger partial charge in [-0.05, 0) is 90.4 Å². The zero-order valence-electron chi connectivity index (χ0n) is 40.1. The summed E-state index contributed by atoms with van der Waals surface area (Å²) < 4.78 is 11.7. The number of carbonyl (C=O) groups is 2. The number of β-amino-alcohol motifs (C(OH)–C–C–N with tert-alkyl or cyclic N) is 1. The van der Waals surface area contributed by atoms with Gasteiger partial charge in [-0.2, -0.15) is 0 Å². The van der Waals surface area contributed by atoms with Gasteiger partial charge in [0.05, 0.1) is 31.2 Å². The van der Waals surface area contributed by atoms with E-state index in [1.54, 1.807) is 0 Å². The molecule has 0 amide bonds.